The van der Waals surface area contributed by atoms with Crippen molar-refractivity contribution in [3.8, 4) is 0 Å². The van der Waals surface area contributed by atoms with E-state index in [0.29, 0.717) is 10.2 Å². The predicted molar refractivity (Wildman–Crippen MR) is 117 cm³/mol. The van der Waals surface area contributed by atoms with Crippen LogP contribution in [0.15, 0.2) is 64.9 Å². The highest BCUT2D eigenvalue weighted by molar-refractivity contribution is 7.99. The van der Waals surface area contributed by atoms with Crippen LogP contribution in [0.4, 0.5) is 5.95 Å². The Labute approximate surface area is 177 Å². The maximum Gasteiger partial charge on any atom is 0.264 e. The number of hydrazone groups is 1. The lowest BCUT2D eigenvalue weighted by molar-refractivity contribution is -0.119. The van der Waals surface area contributed by atoms with Crippen LogP contribution >= 0.6 is 23.4 Å². The fraction of sp³-hybridized carbons (Fsp3) is 0.158. The van der Waals surface area contributed by atoms with Gasteiger partial charge in [0.25, 0.3) is 5.95 Å². The van der Waals surface area contributed by atoms with E-state index < -0.39 is 0 Å². The number of carbonyl (C=O) groups is 1. The molecular formula is C19H20ClN7OS. The number of carbonyl (C=O) groups excluding carboxylic acids is 1. The first kappa shape index (κ1) is 20.7. The smallest absolute Gasteiger partial charge is 0.264 e. The molecule has 0 aliphatic heterocycles. The molecule has 1 unspecified atom stereocenters. The Bertz CT molecular complexity index is 976. The fourth-order valence-corrected chi connectivity index (χ4v) is 3.20. The number of hydrogen-bond acceptors (Lipinski definition) is 7. The van der Waals surface area contributed by atoms with Crippen molar-refractivity contribution in [1.29, 1.82) is 0 Å². The molecule has 29 heavy (non-hydrogen) atoms. The lowest BCUT2D eigenvalue weighted by Gasteiger charge is -2.13. The van der Waals surface area contributed by atoms with Gasteiger partial charge in [-0.2, -0.15) is 5.10 Å². The predicted octanol–water partition coefficient (Wildman–Crippen LogP) is 3.06. The molecule has 4 N–H and O–H groups in total. The quantitative estimate of drug-likeness (QED) is 0.220. The van der Waals surface area contributed by atoms with E-state index in [-0.39, 0.29) is 23.7 Å². The van der Waals surface area contributed by atoms with Gasteiger partial charge in [0.2, 0.25) is 11.1 Å². The van der Waals surface area contributed by atoms with Crippen LogP contribution in [0, 0.1) is 0 Å². The van der Waals surface area contributed by atoms with Crippen LogP contribution in [-0.2, 0) is 4.79 Å². The van der Waals surface area contributed by atoms with Crippen LogP contribution in [0.3, 0.4) is 0 Å². The number of nitrogens with zero attached hydrogens (tertiary/aromatic N) is 4. The summed E-state index contributed by atoms with van der Waals surface area (Å²) in [7, 11) is 0. The largest absolute Gasteiger partial charge is 0.349 e. The molecule has 0 radical (unpaired) electrons. The number of nitrogens with two attached hydrogens (primary N) is 1. The Morgan fingerprint density at radius 2 is 1.97 bits per heavy atom. The van der Waals surface area contributed by atoms with Crippen molar-refractivity contribution in [2.45, 2.75) is 18.1 Å². The summed E-state index contributed by atoms with van der Waals surface area (Å²) in [4.78, 5) is 12.2. The zero-order valence-corrected chi connectivity index (χ0v) is 17.2. The van der Waals surface area contributed by atoms with E-state index in [1.807, 2.05) is 49.4 Å². The van der Waals surface area contributed by atoms with Crippen LogP contribution in [0.5, 0.6) is 0 Å². The number of amides is 1. The molecule has 3 rings (SSSR count). The molecule has 0 bridgehead atoms. The second kappa shape index (κ2) is 9.94. The minimum Gasteiger partial charge on any atom is -0.349 e. The molecule has 1 aromatic heterocycles. The highest BCUT2D eigenvalue weighted by Crippen LogP contribution is 2.17. The third-order valence-electron chi connectivity index (χ3n) is 3.92. The van der Waals surface area contributed by atoms with Crippen molar-refractivity contribution in [2.24, 2.45) is 5.10 Å². The van der Waals surface area contributed by atoms with Crippen LogP contribution in [0.1, 0.15) is 24.1 Å². The normalized spacial score (nSPS) is 12.1. The lowest BCUT2D eigenvalue weighted by atomic mass is 10.1. The third-order valence-corrected chi connectivity index (χ3v) is 5.12. The lowest BCUT2D eigenvalue weighted by Crippen LogP contribution is -2.28. The van der Waals surface area contributed by atoms with Gasteiger partial charge in [-0.3, -0.25) is 4.79 Å². The van der Waals surface area contributed by atoms with Gasteiger partial charge in [0.05, 0.1) is 18.0 Å². The van der Waals surface area contributed by atoms with Crippen molar-refractivity contribution < 1.29 is 4.79 Å². The summed E-state index contributed by atoms with van der Waals surface area (Å²) in [5, 5.41) is 16.0. The number of halogens is 1. The van der Waals surface area contributed by atoms with E-state index in [4.69, 9.17) is 17.4 Å². The molecule has 8 nitrogen and oxygen atoms in total. The second-order valence-electron chi connectivity index (χ2n) is 6.09. The molecule has 0 spiro atoms. The first-order valence-electron chi connectivity index (χ1n) is 8.75. The van der Waals surface area contributed by atoms with E-state index in [0.717, 1.165) is 11.1 Å². The molecule has 0 aliphatic rings. The number of thioether (sulfide) groups is 1. The number of aromatic nitrogens is 3. The molecule has 2 aromatic carbocycles. The minimum atomic E-state index is -0.121. The zero-order chi connectivity index (χ0) is 20.6. The zero-order valence-electron chi connectivity index (χ0n) is 15.6. The molecule has 0 aliphatic carbocycles. The summed E-state index contributed by atoms with van der Waals surface area (Å²) >= 11 is 7.04. The average Bonchev–Trinajstić information content (AvgIpc) is 3.08. The van der Waals surface area contributed by atoms with Gasteiger partial charge < -0.3 is 11.2 Å². The van der Waals surface area contributed by atoms with E-state index in [1.54, 1.807) is 18.3 Å². The van der Waals surface area contributed by atoms with Crippen LogP contribution < -0.4 is 16.6 Å². The summed E-state index contributed by atoms with van der Waals surface area (Å²) in [6.45, 7) is 1.93. The molecule has 0 saturated carbocycles. The molecule has 150 valence electrons. The van der Waals surface area contributed by atoms with Gasteiger partial charge in [-0.25, -0.2) is 10.1 Å². The van der Waals surface area contributed by atoms with E-state index in [9.17, 15) is 4.79 Å². The Kier molecular flexibility index (Phi) is 7.09. The summed E-state index contributed by atoms with van der Waals surface area (Å²) < 4.78 is 1.25. The van der Waals surface area contributed by atoms with Gasteiger partial charge >= 0.3 is 0 Å². The monoisotopic (exact) mass is 429 g/mol. The molecule has 1 atom stereocenters. The second-order valence-corrected chi connectivity index (χ2v) is 7.47. The Balaban J connectivity index is 1.50. The van der Waals surface area contributed by atoms with Crippen molar-refractivity contribution in [2.75, 3.05) is 17.0 Å². The van der Waals surface area contributed by atoms with Crippen molar-refractivity contribution in [3.63, 3.8) is 0 Å². The van der Waals surface area contributed by atoms with Gasteiger partial charge in [-0.1, -0.05) is 65.8 Å². The summed E-state index contributed by atoms with van der Waals surface area (Å²) in [5.74, 6) is 6.27. The molecule has 0 fully saturated rings. The molecule has 3 aromatic rings. The van der Waals surface area contributed by atoms with E-state index in [1.165, 1.54) is 16.4 Å². The summed E-state index contributed by atoms with van der Waals surface area (Å²) in [6, 6.07) is 16.9. The van der Waals surface area contributed by atoms with Gasteiger partial charge in [0.15, 0.2) is 0 Å². The summed E-state index contributed by atoms with van der Waals surface area (Å²) in [6.07, 6.45) is 1.61. The molecule has 10 heteroatoms. The van der Waals surface area contributed by atoms with Crippen LogP contribution in [-0.4, -0.2) is 32.7 Å². The molecule has 0 saturated heterocycles. The van der Waals surface area contributed by atoms with E-state index in [2.05, 4.69) is 26.0 Å². The van der Waals surface area contributed by atoms with Gasteiger partial charge in [0, 0.05) is 5.02 Å². The maximum atomic E-state index is 12.2. The first-order valence-corrected chi connectivity index (χ1v) is 10.1. The Hall–Kier alpha value is -3.04. The number of anilines is 1. The van der Waals surface area contributed by atoms with E-state index >= 15 is 0 Å². The van der Waals surface area contributed by atoms with Gasteiger partial charge in [-0.15, -0.1) is 10.2 Å². The standard InChI is InChI=1S/C19H20ClN7OS/c1-13(15-5-3-2-4-6-15)23-17(28)12-29-19-26-25-18(27(19)21)24-22-11-14-7-9-16(20)10-8-14/h2-11,13H,12,21H2,1H3,(H,23,28)(H,24,25)/b22-11+. The van der Waals surface area contributed by atoms with Crippen LogP contribution in [0.2, 0.25) is 5.02 Å². The topological polar surface area (TPSA) is 110 Å². The van der Waals surface area contributed by atoms with Crippen molar-refractivity contribution in [3.05, 3.63) is 70.7 Å². The minimum absolute atomic E-state index is 0.0838. The number of nitrogen functional groups attached to an aromatic ring is 1. The number of rotatable bonds is 8. The van der Waals surface area contributed by atoms with Crippen LogP contribution in [0.25, 0.3) is 0 Å². The third kappa shape index (κ3) is 5.97. The Morgan fingerprint density at radius 3 is 2.69 bits per heavy atom. The van der Waals surface area contributed by atoms with Gasteiger partial charge in [-0.05, 0) is 30.2 Å². The Morgan fingerprint density at radius 1 is 1.24 bits per heavy atom. The highest BCUT2D eigenvalue weighted by Gasteiger charge is 2.14. The molecular weight excluding hydrogens is 410 g/mol. The molecule has 1 amide bonds. The SMILES string of the molecule is CC(NC(=O)CSc1nnc(N/N=C/c2ccc(Cl)cc2)n1N)c1ccccc1. The molecule has 1 heterocycles. The highest BCUT2D eigenvalue weighted by atomic mass is 35.5. The summed E-state index contributed by atoms with van der Waals surface area (Å²) in [5.41, 5.74) is 4.63. The number of nitrogens with one attached hydrogen (secondary N) is 2. The first-order chi connectivity index (χ1) is 14.0. The fourth-order valence-electron chi connectivity index (χ4n) is 2.40. The average molecular weight is 430 g/mol. The number of hydrogen-bond donors (Lipinski definition) is 3. The van der Waals surface area contributed by atoms with Gasteiger partial charge in [0.1, 0.15) is 0 Å². The number of benzene rings is 2. The maximum absolute atomic E-state index is 12.2. The van der Waals surface area contributed by atoms with Crippen molar-refractivity contribution >= 4 is 41.4 Å². The van der Waals surface area contributed by atoms with Crippen molar-refractivity contribution in [1.82, 2.24) is 20.2 Å².